The average molecular weight is 251 g/mol. The van der Waals surface area contributed by atoms with E-state index in [0.717, 1.165) is 36.0 Å². The maximum absolute atomic E-state index is 5.95. The number of hydrogen-bond acceptors (Lipinski definition) is 2. The van der Waals surface area contributed by atoms with Crippen molar-refractivity contribution in [1.29, 1.82) is 0 Å². The van der Waals surface area contributed by atoms with Crippen molar-refractivity contribution in [2.45, 2.75) is 19.3 Å². The van der Waals surface area contributed by atoms with E-state index in [9.17, 15) is 0 Å². The van der Waals surface area contributed by atoms with Crippen LogP contribution >= 0.6 is 11.6 Å². The number of pyridine rings is 1. The van der Waals surface area contributed by atoms with E-state index in [1.165, 1.54) is 12.8 Å². The zero-order valence-electron chi connectivity index (χ0n) is 9.60. The largest absolute Gasteiger partial charge is 0.381 e. The van der Waals surface area contributed by atoms with Crippen LogP contribution in [0.1, 0.15) is 18.5 Å². The van der Waals surface area contributed by atoms with Crippen LogP contribution in [0, 0.1) is 5.92 Å². The van der Waals surface area contributed by atoms with E-state index in [1.807, 2.05) is 22.7 Å². The molecule has 1 fully saturated rings. The number of fused-ring (bicyclic) bond motifs is 1. The number of nitrogens with zero attached hydrogens (tertiary/aromatic N) is 2. The molecular weight excluding hydrogens is 236 g/mol. The summed E-state index contributed by atoms with van der Waals surface area (Å²) in [6, 6.07) is 3.82. The molecule has 1 aliphatic rings. The minimum atomic E-state index is 0.615. The van der Waals surface area contributed by atoms with E-state index < -0.39 is 0 Å². The van der Waals surface area contributed by atoms with Gasteiger partial charge in [0.05, 0.1) is 10.7 Å². The van der Waals surface area contributed by atoms with Crippen molar-refractivity contribution in [2.75, 3.05) is 13.2 Å². The van der Waals surface area contributed by atoms with E-state index in [-0.39, 0.29) is 0 Å². The van der Waals surface area contributed by atoms with Gasteiger partial charge in [0.1, 0.15) is 5.65 Å². The van der Waals surface area contributed by atoms with E-state index >= 15 is 0 Å². The molecule has 2 aromatic heterocycles. The van der Waals surface area contributed by atoms with Crippen LogP contribution < -0.4 is 0 Å². The molecule has 3 rings (SSSR count). The molecule has 1 saturated heterocycles. The molecule has 0 radical (unpaired) electrons. The van der Waals surface area contributed by atoms with Gasteiger partial charge in [0.2, 0.25) is 0 Å². The molecule has 0 amide bonds. The van der Waals surface area contributed by atoms with Crippen LogP contribution in [0.3, 0.4) is 0 Å². The second kappa shape index (κ2) is 4.67. The Morgan fingerprint density at radius 2 is 2.35 bits per heavy atom. The lowest BCUT2D eigenvalue weighted by molar-refractivity contribution is 0.0547. The zero-order chi connectivity index (χ0) is 11.7. The van der Waals surface area contributed by atoms with Crippen LogP contribution in [0.15, 0.2) is 24.5 Å². The Bertz CT molecular complexity index is 517. The average Bonchev–Trinajstić information content (AvgIpc) is 2.71. The summed E-state index contributed by atoms with van der Waals surface area (Å²) in [4.78, 5) is 4.60. The van der Waals surface area contributed by atoms with Gasteiger partial charge in [-0.25, -0.2) is 4.98 Å². The minimum Gasteiger partial charge on any atom is -0.381 e. The van der Waals surface area contributed by atoms with Crippen molar-refractivity contribution in [3.63, 3.8) is 0 Å². The molecule has 1 unspecified atom stereocenters. The highest BCUT2D eigenvalue weighted by Crippen LogP contribution is 2.19. The van der Waals surface area contributed by atoms with Crippen molar-refractivity contribution in [1.82, 2.24) is 9.38 Å². The molecule has 0 saturated carbocycles. The molecule has 0 spiro atoms. The van der Waals surface area contributed by atoms with Gasteiger partial charge in [-0.1, -0.05) is 11.6 Å². The number of hydrogen-bond donors (Lipinski definition) is 0. The third-order valence-corrected chi connectivity index (χ3v) is 3.44. The number of rotatable bonds is 2. The lowest BCUT2D eigenvalue weighted by Gasteiger charge is -2.20. The van der Waals surface area contributed by atoms with E-state index in [1.54, 1.807) is 0 Å². The lowest BCUT2D eigenvalue weighted by Crippen LogP contribution is -2.19. The molecule has 3 heterocycles. The molecule has 0 bridgehead atoms. The summed E-state index contributed by atoms with van der Waals surface area (Å²) in [5.41, 5.74) is 2.09. The van der Waals surface area contributed by atoms with Crippen LogP contribution in [-0.4, -0.2) is 22.6 Å². The highest BCUT2D eigenvalue weighted by molar-refractivity contribution is 6.30. The van der Waals surface area contributed by atoms with Gasteiger partial charge < -0.3 is 9.14 Å². The fraction of sp³-hybridized carbons (Fsp3) is 0.462. The van der Waals surface area contributed by atoms with Crippen molar-refractivity contribution >= 4 is 17.2 Å². The number of aromatic nitrogens is 2. The number of imidazole rings is 1. The van der Waals surface area contributed by atoms with Crippen LogP contribution in [0.25, 0.3) is 5.65 Å². The Kier molecular flexibility index (Phi) is 3.04. The molecule has 0 aromatic carbocycles. The van der Waals surface area contributed by atoms with Crippen LogP contribution in [-0.2, 0) is 11.2 Å². The van der Waals surface area contributed by atoms with E-state index in [4.69, 9.17) is 16.3 Å². The third kappa shape index (κ3) is 2.45. The van der Waals surface area contributed by atoms with Gasteiger partial charge in [-0.2, -0.15) is 0 Å². The van der Waals surface area contributed by atoms with Crippen molar-refractivity contribution in [3.05, 3.63) is 35.2 Å². The van der Waals surface area contributed by atoms with Crippen LogP contribution in [0.4, 0.5) is 0 Å². The number of ether oxygens (including phenoxy) is 1. The summed E-state index contributed by atoms with van der Waals surface area (Å²) in [5.74, 6) is 0.615. The van der Waals surface area contributed by atoms with Gasteiger partial charge in [0.25, 0.3) is 0 Å². The van der Waals surface area contributed by atoms with Gasteiger partial charge in [-0.15, -0.1) is 0 Å². The Morgan fingerprint density at radius 1 is 1.41 bits per heavy atom. The first kappa shape index (κ1) is 11.1. The quantitative estimate of drug-likeness (QED) is 0.819. The van der Waals surface area contributed by atoms with Crippen LogP contribution in [0.5, 0.6) is 0 Å². The Balaban J connectivity index is 1.80. The summed E-state index contributed by atoms with van der Waals surface area (Å²) in [6.45, 7) is 1.78. The predicted molar refractivity (Wildman–Crippen MR) is 67.4 cm³/mol. The van der Waals surface area contributed by atoms with Gasteiger partial charge in [-0.3, -0.25) is 0 Å². The standard InChI is InChI=1S/C13H15ClN2O/c14-11-3-4-13-15-12(8-16(13)7-11)6-10-2-1-5-17-9-10/h3-4,7-8,10H,1-2,5-6,9H2. The summed E-state index contributed by atoms with van der Waals surface area (Å²) >= 11 is 5.95. The van der Waals surface area contributed by atoms with Gasteiger partial charge in [-0.05, 0) is 37.3 Å². The molecule has 4 heteroatoms. The normalized spacial score (nSPS) is 20.9. The molecule has 0 aliphatic carbocycles. The molecular formula is C13H15ClN2O. The van der Waals surface area contributed by atoms with Gasteiger partial charge in [0, 0.05) is 25.6 Å². The van der Waals surface area contributed by atoms with E-state index in [2.05, 4.69) is 11.2 Å². The summed E-state index contributed by atoms with van der Waals surface area (Å²) in [6.07, 6.45) is 7.37. The smallest absolute Gasteiger partial charge is 0.137 e. The topological polar surface area (TPSA) is 26.5 Å². The first-order chi connectivity index (χ1) is 8.31. The monoisotopic (exact) mass is 250 g/mol. The lowest BCUT2D eigenvalue weighted by atomic mass is 9.97. The third-order valence-electron chi connectivity index (χ3n) is 3.22. The molecule has 2 aromatic rings. The minimum absolute atomic E-state index is 0.615. The van der Waals surface area contributed by atoms with Crippen molar-refractivity contribution in [3.8, 4) is 0 Å². The highest BCUT2D eigenvalue weighted by atomic mass is 35.5. The molecule has 1 atom stereocenters. The SMILES string of the molecule is Clc1ccc2nc(CC3CCCOC3)cn2c1. The van der Waals surface area contributed by atoms with Crippen molar-refractivity contribution < 1.29 is 4.74 Å². The fourth-order valence-corrected chi connectivity index (χ4v) is 2.55. The zero-order valence-corrected chi connectivity index (χ0v) is 10.4. The maximum atomic E-state index is 5.95. The Labute approximate surface area is 105 Å². The Hall–Kier alpha value is -1.06. The highest BCUT2D eigenvalue weighted by Gasteiger charge is 2.15. The first-order valence-electron chi connectivity index (χ1n) is 6.02. The van der Waals surface area contributed by atoms with Crippen molar-refractivity contribution in [2.24, 2.45) is 5.92 Å². The van der Waals surface area contributed by atoms with Crippen LogP contribution in [0.2, 0.25) is 5.02 Å². The molecule has 90 valence electrons. The van der Waals surface area contributed by atoms with Gasteiger partial charge >= 0.3 is 0 Å². The second-order valence-electron chi connectivity index (χ2n) is 4.63. The summed E-state index contributed by atoms with van der Waals surface area (Å²) < 4.78 is 7.48. The number of halogens is 1. The molecule has 17 heavy (non-hydrogen) atoms. The summed E-state index contributed by atoms with van der Waals surface area (Å²) in [7, 11) is 0. The molecule has 1 aliphatic heterocycles. The van der Waals surface area contributed by atoms with E-state index in [0.29, 0.717) is 5.92 Å². The first-order valence-corrected chi connectivity index (χ1v) is 6.40. The molecule has 3 nitrogen and oxygen atoms in total. The predicted octanol–water partition coefficient (Wildman–Crippen LogP) is 2.96. The fourth-order valence-electron chi connectivity index (χ4n) is 2.38. The van der Waals surface area contributed by atoms with Gasteiger partial charge in [0.15, 0.2) is 0 Å². The Morgan fingerprint density at radius 3 is 3.18 bits per heavy atom. The summed E-state index contributed by atoms with van der Waals surface area (Å²) in [5, 5.41) is 0.738. The second-order valence-corrected chi connectivity index (χ2v) is 5.07. The molecule has 0 N–H and O–H groups in total. The maximum Gasteiger partial charge on any atom is 0.137 e.